The maximum atomic E-state index is 14.5. The predicted octanol–water partition coefficient (Wildman–Crippen LogP) is 6.38. The zero-order chi connectivity index (χ0) is 33.2. The van der Waals surface area contributed by atoms with E-state index in [0.29, 0.717) is 24.8 Å². The Morgan fingerprint density at radius 3 is 2.49 bits per heavy atom. The molecule has 10 heteroatoms. The highest BCUT2D eigenvalue weighted by Gasteiger charge is 2.77. The lowest BCUT2D eigenvalue weighted by atomic mass is 9.46. The number of nitrogens with one attached hydrogen (secondary N) is 1. The lowest BCUT2D eigenvalue weighted by Crippen LogP contribution is -2.72. The number of alkyl halides is 3. The highest BCUT2D eigenvalue weighted by molar-refractivity contribution is 5.99. The molecule has 2 bridgehead atoms. The lowest BCUT2D eigenvalue weighted by Gasteiger charge is -2.64. The molecule has 3 unspecified atom stereocenters. The summed E-state index contributed by atoms with van der Waals surface area (Å²) < 4.78 is 56.6. The number of esters is 1. The second kappa shape index (κ2) is 11.4. The fourth-order valence-corrected chi connectivity index (χ4v) is 9.63. The fourth-order valence-electron chi connectivity index (χ4n) is 9.63. The number of amides is 1. The second-order valence-electron chi connectivity index (χ2n) is 14.0. The molecule has 2 saturated carbocycles. The van der Waals surface area contributed by atoms with Crippen LogP contribution in [0.4, 0.5) is 13.2 Å². The molecule has 47 heavy (non-hydrogen) atoms. The number of carbonyl (C=O) groups excluding carboxylic acids is 2. The summed E-state index contributed by atoms with van der Waals surface area (Å²) in [5.41, 5.74) is -1.70. The maximum Gasteiger partial charge on any atom is 0.421 e. The van der Waals surface area contributed by atoms with Crippen LogP contribution in [-0.2, 0) is 25.5 Å². The number of hydrogen-bond donors (Lipinski definition) is 2. The lowest BCUT2D eigenvalue weighted by molar-refractivity contribution is -0.946. The van der Waals surface area contributed by atoms with Crippen molar-refractivity contribution in [3.63, 3.8) is 0 Å². The first kappa shape index (κ1) is 31.7. The summed E-state index contributed by atoms with van der Waals surface area (Å²) in [4.78, 5) is 26.1. The van der Waals surface area contributed by atoms with E-state index in [2.05, 4.69) is 24.5 Å². The first-order chi connectivity index (χ1) is 22.4. The fraction of sp³-hybridized carbons (Fsp3) is 0.459. The van der Waals surface area contributed by atoms with Gasteiger partial charge in [0.15, 0.2) is 0 Å². The summed E-state index contributed by atoms with van der Waals surface area (Å²) in [6.45, 7) is 3.00. The standard InChI is InChI=1S/C37H39F3N2O5/c1-23(43)46-30-22-31(44)36(41-34(45)28(37(38,39)40)20-25-12-7-4-8-13-25)33-26(30)21-29-27-14-9-15-32(47-36)35(27,33)17-19-42(29,2)18-16-24-10-5-3-6-11-24/h3-8,10-13,20,22,27,29,32-33H,9,14-19,21H2,1-2H3,(H-,41,44,45)/p+1/t27-,29+,32-,33?,35+,36?,42?/m0/s1. The predicted molar refractivity (Wildman–Crippen MR) is 168 cm³/mol. The van der Waals surface area contributed by atoms with Gasteiger partial charge in [0.25, 0.3) is 5.91 Å². The Labute approximate surface area is 272 Å². The van der Waals surface area contributed by atoms with Crippen LogP contribution in [0.3, 0.4) is 0 Å². The maximum absolute atomic E-state index is 14.5. The number of carbonyl (C=O) groups is 2. The highest BCUT2D eigenvalue weighted by atomic mass is 19.4. The number of piperidine rings is 1. The molecular weight excluding hydrogens is 609 g/mol. The van der Waals surface area contributed by atoms with E-state index in [1.807, 2.05) is 18.2 Å². The third-order valence-corrected chi connectivity index (χ3v) is 11.6. The van der Waals surface area contributed by atoms with Crippen molar-refractivity contribution in [1.82, 2.24) is 5.32 Å². The Kier molecular flexibility index (Phi) is 7.67. The number of aliphatic hydroxyl groups is 1. The number of aliphatic hydroxyl groups excluding tert-OH is 1. The van der Waals surface area contributed by atoms with Gasteiger partial charge in [0.2, 0.25) is 5.72 Å². The van der Waals surface area contributed by atoms with Gasteiger partial charge in [-0.25, -0.2) is 0 Å². The van der Waals surface area contributed by atoms with E-state index < -0.39 is 52.5 Å². The van der Waals surface area contributed by atoms with Crippen LogP contribution in [0.25, 0.3) is 6.08 Å². The second-order valence-corrected chi connectivity index (χ2v) is 14.0. The van der Waals surface area contributed by atoms with Gasteiger partial charge in [-0.1, -0.05) is 67.1 Å². The summed E-state index contributed by atoms with van der Waals surface area (Å²) in [5.74, 6) is -2.76. The number of rotatable bonds is 7. The van der Waals surface area contributed by atoms with Crippen molar-refractivity contribution in [1.29, 1.82) is 0 Å². The zero-order valence-electron chi connectivity index (χ0n) is 26.6. The molecule has 0 radical (unpaired) electrons. The van der Waals surface area contributed by atoms with Gasteiger partial charge < -0.3 is 24.4 Å². The Morgan fingerprint density at radius 2 is 1.81 bits per heavy atom. The zero-order valence-corrected chi connectivity index (χ0v) is 26.6. The Morgan fingerprint density at radius 1 is 1.11 bits per heavy atom. The number of likely N-dealkylation sites (N-methyl/N-ethyl adjacent to an activating group) is 1. The van der Waals surface area contributed by atoms with Gasteiger partial charge in [-0.05, 0) is 35.6 Å². The molecule has 248 valence electrons. The highest BCUT2D eigenvalue weighted by Crippen LogP contribution is 2.71. The number of nitrogens with zero attached hydrogens (tertiary/aromatic N) is 1. The number of allylic oxidation sites excluding steroid dienone is 1. The monoisotopic (exact) mass is 649 g/mol. The molecule has 5 aliphatic rings. The Balaban J connectivity index is 1.31. The molecule has 2 aromatic rings. The summed E-state index contributed by atoms with van der Waals surface area (Å²) >= 11 is 0. The van der Waals surface area contributed by atoms with Crippen LogP contribution in [0.2, 0.25) is 0 Å². The molecule has 3 aliphatic carbocycles. The van der Waals surface area contributed by atoms with Gasteiger partial charge in [-0.3, -0.25) is 9.59 Å². The van der Waals surface area contributed by atoms with Crippen LogP contribution < -0.4 is 5.32 Å². The van der Waals surface area contributed by atoms with Gasteiger partial charge in [0, 0.05) is 49.5 Å². The molecule has 7 nitrogen and oxygen atoms in total. The van der Waals surface area contributed by atoms with Crippen molar-refractivity contribution in [2.75, 3.05) is 20.1 Å². The Bertz CT molecular complexity index is 1670. The van der Waals surface area contributed by atoms with Gasteiger partial charge in [-0.2, -0.15) is 13.2 Å². The molecular formula is C37H40F3N2O5+. The van der Waals surface area contributed by atoms with Crippen molar-refractivity contribution in [2.24, 2.45) is 17.3 Å². The van der Waals surface area contributed by atoms with E-state index in [0.717, 1.165) is 42.9 Å². The quantitative estimate of drug-likeness (QED) is 0.207. The van der Waals surface area contributed by atoms with Crippen LogP contribution in [0, 0.1) is 17.3 Å². The Hall–Kier alpha value is -3.89. The van der Waals surface area contributed by atoms with E-state index in [1.165, 1.54) is 30.7 Å². The van der Waals surface area contributed by atoms with E-state index >= 15 is 0 Å². The van der Waals surface area contributed by atoms with Gasteiger partial charge in [0.05, 0.1) is 32.3 Å². The number of likely N-dealkylation sites (tertiary alicyclic amines) is 1. The molecule has 2 saturated heterocycles. The van der Waals surface area contributed by atoms with Crippen LogP contribution in [-0.4, -0.2) is 65.7 Å². The molecule has 2 N–H and O–H groups in total. The summed E-state index contributed by atoms with van der Waals surface area (Å²) in [5, 5.41) is 14.3. The molecule has 0 aromatic heterocycles. The summed E-state index contributed by atoms with van der Waals surface area (Å²) in [6, 6.07) is 18.3. The van der Waals surface area contributed by atoms with Crippen LogP contribution >= 0.6 is 0 Å². The third-order valence-electron chi connectivity index (χ3n) is 11.6. The molecule has 7 rings (SSSR count). The molecule has 2 heterocycles. The molecule has 2 aliphatic heterocycles. The van der Waals surface area contributed by atoms with Crippen LogP contribution in [0.15, 0.2) is 89.4 Å². The van der Waals surface area contributed by atoms with E-state index in [-0.39, 0.29) is 23.3 Å². The van der Waals surface area contributed by atoms with Crippen molar-refractivity contribution in [2.45, 2.75) is 69.5 Å². The normalized spacial score (nSPS) is 34.3. The number of benzene rings is 2. The molecule has 1 spiro atoms. The van der Waals surface area contributed by atoms with E-state index in [9.17, 15) is 27.9 Å². The van der Waals surface area contributed by atoms with Crippen LogP contribution in [0.5, 0.6) is 0 Å². The van der Waals surface area contributed by atoms with Crippen molar-refractivity contribution in [3.05, 3.63) is 101 Å². The summed E-state index contributed by atoms with van der Waals surface area (Å²) in [6.07, 6.45) is 1.22. The third kappa shape index (κ3) is 5.11. The number of hydrogen-bond acceptors (Lipinski definition) is 5. The van der Waals surface area contributed by atoms with Gasteiger partial charge >= 0.3 is 12.1 Å². The SMILES string of the molecule is CC(=O)OC1=C2C[C@@H]3[C@@H]4CCC[C@@H]5OC(NC(=O)C(=Cc6ccccc6)C(F)(F)F)(C(O)=C1)C2[C@@]54CC[N+]3(C)CCc1ccccc1. The van der Waals surface area contributed by atoms with E-state index in [4.69, 9.17) is 9.47 Å². The van der Waals surface area contributed by atoms with Crippen molar-refractivity contribution < 1.29 is 41.8 Å². The van der Waals surface area contributed by atoms with Crippen molar-refractivity contribution in [3.8, 4) is 0 Å². The van der Waals surface area contributed by atoms with Gasteiger partial charge in [-0.15, -0.1) is 0 Å². The molecule has 2 aromatic carbocycles. The average Bonchev–Trinajstić information content (AvgIpc) is 3.32. The summed E-state index contributed by atoms with van der Waals surface area (Å²) in [7, 11) is 2.28. The largest absolute Gasteiger partial charge is 0.507 e. The molecule has 1 amide bonds. The van der Waals surface area contributed by atoms with Crippen molar-refractivity contribution >= 4 is 18.0 Å². The van der Waals surface area contributed by atoms with E-state index in [1.54, 1.807) is 18.2 Å². The average molecular weight is 650 g/mol. The molecule has 7 atom stereocenters. The number of ether oxygens (including phenoxy) is 2. The topological polar surface area (TPSA) is 84.9 Å². The first-order valence-electron chi connectivity index (χ1n) is 16.4. The number of halogens is 3. The van der Waals surface area contributed by atoms with Gasteiger partial charge in [0.1, 0.15) is 17.1 Å². The van der Waals surface area contributed by atoms with Crippen LogP contribution in [0.1, 0.15) is 50.2 Å². The minimum atomic E-state index is -4.97. The first-order valence-corrected chi connectivity index (χ1v) is 16.4. The molecule has 4 fully saturated rings. The number of quaternary nitrogens is 1. The minimum Gasteiger partial charge on any atom is -0.507 e. The minimum absolute atomic E-state index is 0.134. The smallest absolute Gasteiger partial charge is 0.421 e.